The van der Waals surface area contributed by atoms with Crippen molar-refractivity contribution in [1.82, 2.24) is 0 Å². The van der Waals surface area contributed by atoms with E-state index in [-0.39, 0.29) is 11.7 Å². The first kappa shape index (κ1) is 19.8. The Balaban J connectivity index is 1.81. The van der Waals surface area contributed by atoms with E-state index in [1.807, 2.05) is 12.1 Å². The van der Waals surface area contributed by atoms with E-state index in [9.17, 15) is 9.18 Å². The zero-order valence-corrected chi connectivity index (χ0v) is 16.5. The quantitative estimate of drug-likeness (QED) is 0.460. The third-order valence-electron chi connectivity index (χ3n) is 4.84. The smallest absolute Gasteiger partial charge is 0.227 e. The number of hydrogen-bond donors (Lipinski definition) is 0. The summed E-state index contributed by atoms with van der Waals surface area (Å²) in [5.41, 5.74) is 5.15. The Kier molecular flexibility index (Phi) is 6.59. The third kappa shape index (κ3) is 5.07. The number of nitrogens with zero attached hydrogens (tertiary/aromatic N) is 1. The standard InChI is InChI=1S/C25H26FNO/c1-3-4-8-25(28)27(24-7-5-6-23(26)17-24)18-20-11-15-22(16-12-20)21-13-9-19(2)10-14-21/h5-7,9-17H,3-4,8,18H2,1-2H3. The Hall–Kier alpha value is -2.94. The fourth-order valence-corrected chi connectivity index (χ4v) is 3.16. The molecule has 3 aromatic rings. The molecule has 0 fully saturated rings. The van der Waals surface area contributed by atoms with Gasteiger partial charge in [-0.3, -0.25) is 4.79 Å². The first-order valence-corrected chi connectivity index (χ1v) is 9.78. The highest BCUT2D eigenvalue weighted by molar-refractivity contribution is 5.93. The largest absolute Gasteiger partial charge is 0.308 e. The lowest BCUT2D eigenvalue weighted by Crippen LogP contribution is -2.30. The molecule has 0 aliphatic rings. The zero-order chi connectivity index (χ0) is 19.9. The predicted molar refractivity (Wildman–Crippen MR) is 114 cm³/mol. The molecule has 0 saturated carbocycles. The van der Waals surface area contributed by atoms with Crippen LogP contribution in [0.3, 0.4) is 0 Å². The first-order valence-electron chi connectivity index (χ1n) is 9.78. The second kappa shape index (κ2) is 9.32. The van der Waals surface area contributed by atoms with Gasteiger partial charge in [0, 0.05) is 12.1 Å². The number of rotatable bonds is 7. The summed E-state index contributed by atoms with van der Waals surface area (Å²) >= 11 is 0. The number of benzene rings is 3. The Bertz CT molecular complexity index is 916. The number of hydrogen-bond acceptors (Lipinski definition) is 1. The summed E-state index contributed by atoms with van der Waals surface area (Å²) in [7, 11) is 0. The molecule has 3 rings (SSSR count). The SMILES string of the molecule is CCCCC(=O)N(Cc1ccc(-c2ccc(C)cc2)cc1)c1cccc(F)c1. The molecule has 0 spiro atoms. The Morgan fingerprint density at radius 3 is 2.18 bits per heavy atom. The topological polar surface area (TPSA) is 20.3 Å². The molecule has 144 valence electrons. The van der Waals surface area contributed by atoms with Crippen molar-refractivity contribution in [3.63, 3.8) is 0 Å². The van der Waals surface area contributed by atoms with Gasteiger partial charge >= 0.3 is 0 Å². The molecule has 0 aromatic heterocycles. The number of unbranched alkanes of at least 4 members (excludes halogenated alkanes) is 1. The van der Waals surface area contributed by atoms with E-state index in [0.717, 1.165) is 29.5 Å². The molecule has 1 amide bonds. The van der Waals surface area contributed by atoms with Gasteiger partial charge in [-0.25, -0.2) is 4.39 Å². The number of amides is 1. The van der Waals surface area contributed by atoms with Crippen molar-refractivity contribution in [1.29, 1.82) is 0 Å². The highest BCUT2D eigenvalue weighted by Gasteiger charge is 2.16. The highest BCUT2D eigenvalue weighted by Crippen LogP contribution is 2.23. The van der Waals surface area contributed by atoms with Crippen molar-refractivity contribution in [2.75, 3.05) is 4.90 Å². The van der Waals surface area contributed by atoms with E-state index < -0.39 is 0 Å². The summed E-state index contributed by atoms with van der Waals surface area (Å²) in [6.07, 6.45) is 2.25. The van der Waals surface area contributed by atoms with Crippen LogP contribution in [0, 0.1) is 12.7 Å². The van der Waals surface area contributed by atoms with Crippen LogP contribution in [0.25, 0.3) is 11.1 Å². The van der Waals surface area contributed by atoms with Crippen molar-refractivity contribution in [3.05, 3.63) is 89.7 Å². The van der Waals surface area contributed by atoms with E-state index in [0.29, 0.717) is 18.7 Å². The molecule has 0 unspecified atom stereocenters. The Labute approximate surface area is 166 Å². The minimum absolute atomic E-state index is 0.0232. The van der Waals surface area contributed by atoms with Gasteiger partial charge in [-0.05, 0) is 48.2 Å². The summed E-state index contributed by atoms with van der Waals surface area (Å²) in [5.74, 6) is -0.310. The number of anilines is 1. The molecule has 28 heavy (non-hydrogen) atoms. The van der Waals surface area contributed by atoms with Gasteiger partial charge < -0.3 is 4.90 Å². The molecule has 0 atom stereocenters. The van der Waals surface area contributed by atoms with Crippen molar-refractivity contribution in [3.8, 4) is 11.1 Å². The van der Waals surface area contributed by atoms with Crippen LogP contribution in [0.1, 0.15) is 37.3 Å². The van der Waals surface area contributed by atoms with Crippen LogP contribution in [0.4, 0.5) is 10.1 Å². The fraction of sp³-hybridized carbons (Fsp3) is 0.240. The molecule has 0 bridgehead atoms. The van der Waals surface area contributed by atoms with Gasteiger partial charge in [0.25, 0.3) is 0 Å². The van der Waals surface area contributed by atoms with E-state index in [4.69, 9.17) is 0 Å². The molecule has 2 nitrogen and oxygen atoms in total. The van der Waals surface area contributed by atoms with Gasteiger partial charge in [-0.1, -0.05) is 73.5 Å². The summed E-state index contributed by atoms with van der Waals surface area (Å²) in [4.78, 5) is 14.4. The zero-order valence-electron chi connectivity index (χ0n) is 16.5. The summed E-state index contributed by atoms with van der Waals surface area (Å²) in [6.45, 7) is 4.56. The summed E-state index contributed by atoms with van der Waals surface area (Å²) < 4.78 is 13.7. The molecular weight excluding hydrogens is 349 g/mol. The molecule has 3 heteroatoms. The molecule has 0 N–H and O–H groups in total. The molecule has 0 aliphatic carbocycles. The van der Waals surface area contributed by atoms with Crippen LogP contribution >= 0.6 is 0 Å². The lowest BCUT2D eigenvalue weighted by molar-refractivity contribution is -0.118. The van der Waals surface area contributed by atoms with Gasteiger partial charge in [0.1, 0.15) is 5.82 Å². The maximum Gasteiger partial charge on any atom is 0.227 e. The second-order valence-electron chi connectivity index (χ2n) is 7.13. The van der Waals surface area contributed by atoms with Crippen LogP contribution in [0.2, 0.25) is 0 Å². The van der Waals surface area contributed by atoms with Crippen molar-refractivity contribution < 1.29 is 9.18 Å². The molecule has 0 saturated heterocycles. The summed E-state index contributed by atoms with van der Waals surface area (Å²) in [6, 6.07) is 22.9. The minimum Gasteiger partial charge on any atom is -0.308 e. The number of aryl methyl sites for hydroxylation is 1. The monoisotopic (exact) mass is 375 g/mol. The lowest BCUT2D eigenvalue weighted by Gasteiger charge is -2.23. The summed E-state index contributed by atoms with van der Waals surface area (Å²) in [5, 5.41) is 0. The maximum atomic E-state index is 13.7. The molecular formula is C25H26FNO. The van der Waals surface area contributed by atoms with Gasteiger partial charge in [-0.15, -0.1) is 0 Å². The Morgan fingerprint density at radius 1 is 0.929 bits per heavy atom. The van der Waals surface area contributed by atoms with Gasteiger partial charge in [0.05, 0.1) is 6.54 Å². The average molecular weight is 375 g/mol. The van der Waals surface area contributed by atoms with Crippen LogP contribution in [-0.4, -0.2) is 5.91 Å². The predicted octanol–water partition coefficient (Wildman–Crippen LogP) is 6.52. The van der Waals surface area contributed by atoms with Crippen molar-refractivity contribution in [2.24, 2.45) is 0 Å². The Morgan fingerprint density at radius 2 is 1.57 bits per heavy atom. The highest BCUT2D eigenvalue weighted by atomic mass is 19.1. The van der Waals surface area contributed by atoms with Crippen LogP contribution in [-0.2, 0) is 11.3 Å². The van der Waals surface area contributed by atoms with Gasteiger partial charge in [0.15, 0.2) is 0 Å². The van der Waals surface area contributed by atoms with E-state index in [1.165, 1.54) is 17.7 Å². The minimum atomic E-state index is -0.333. The van der Waals surface area contributed by atoms with E-state index in [1.54, 1.807) is 17.0 Å². The number of halogens is 1. The number of carbonyl (C=O) groups is 1. The van der Waals surface area contributed by atoms with E-state index >= 15 is 0 Å². The first-order chi connectivity index (χ1) is 13.6. The van der Waals surface area contributed by atoms with Gasteiger partial charge in [-0.2, -0.15) is 0 Å². The fourth-order valence-electron chi connectivity index (χ4n) is 3.16. The number of carbonyl (C=O) groups excluding carboxylic acids is 1. The van der Waals surface area contributed by atoms with Crippen LogP contribution < -0.4 is 4.90 Å². The van der Waals surface area contributed by atoms with Crippen LogP contribution in [0.5, 0.6) is 0 Å². The van der Waals surface area contributed by atoms with Crippen LogP contribution in [0.15, 0.2) is 72.8 Å². The molecule has 0 radical (unpaired) electrons. The van der Waals surface area contributed by atoms with Crippen molar-refractivity contribution >= 4 is 11.6 Å². The van der Waals surface area contributed by atoms with E-state index in [2.05, 4.69) is 50.2 Å². The molecule has 0 heterocycles. The molecule has 3 aromatic carbocycles. The average Bonchev–Trinajstić information content (AvgIpc) is 2.71. The normalized spacial score (nSPS) is 10.7. The molecule has 0 aliphatic heterocycles. The lowest BCUT2D eigenvalue weighted by atomic mass is 10.0. The van der Waals surface area contributed by atoms with Gasteiger partial charge in [0.2, 0.25) is 5.91 Å². The maximum absolute atomic E-state index is 13.7. The third-order valence-corrected chi connectivity index (χ3v) is 4.84. The second-order valence-corrected chi connectivity index (χ2v) is 7.13. The van der Waals surface area contributed by atoms with Crippen molar-refractivity contribution in [2.45, 2.75) is 39.7 Å².